The lowest BCUT2D eigenvalue weighted by Gasteiger charge is -2.46. The van der Waals surface area contributed by atoms with Crippen molar-refractivity contribution in [3.05, 3.63) is 42.1 Å². The summed E-state index contributed by atoms with van der Waals surface area (Å²) >= 11 is 0. The molecule has 5 heteroatoms. The Morgan fingerprint density at radius 2 is 1.81 bits per heavy atom. The topological polar surface area (TPSA) is 66.0 Å². The van der Waals surface area contributed by atoms with Crippen LogP contribution in [0.1, 0.15) is 46.2 Å². The number of benzene rings is 1. The minimum atomic E-state index is -0.0933. The van der Waals surface area contributed by atoms with E-state index in [9.17, 15) is 4.79 Å². The minimum Gasteiger partial charge on any atom is -0.338 e. The third-order valence-electron chi connectivity index (χ3n) is 4.85. The van der Waals surface area contributed by atoms with Crippen molar-refractivity contribution in [1.82, 2.24) is 20.9 Å². The van der Waals surface area contributed by atoms with E-state index in [-0.39, 0.29) is 23.2 Å². The van der Waals surface area contributed by atoms with Gasteiger partial charge in [0.1, 0.15) is 0 Å². The van der Waals surface area contributed by atoms with Gasteiger partial charge >= 0.3 is 6.03 Å². The number of urea groups is 1. The average Bonchev–Trinajstić information content (AvgIpc) is 2.51. The molecule has 0 radical (unpaired) electrons. The molecule has 1 aromatic carbocycles. The molecule has 140 valence electrons. The van der Waals surface area contributed by atoms with Gasteiger partial charge in [0.2, 0.25) is 0 Å². The molecular formula is C21H30N4O. The minimum absolute atomic E-state index is 0.0225. The second-order valence-corrected chi connectivity index (χ2v) is 8.64. The third-order valence-corrected chi connectivity index (χ3v) is 4.85. The lowest BCUT2D eigenvalue weighted by molar-refractivity contribution is 0.147. The first kappa shape index (κ1) is 18.6. The number of hydrogen-bond acceptors (Lipinski definition) is 3. The Kier molecular flexibility index (Phi) is 5.19. The Bertz CT molecular complexity index is 768. The first-order valence-electron chi connectivity index (χ1n) is 9.41. The van der Waals surface area contributed by atoms with E-state index in [1.807, 2.05) is 24.3 Å². The molecule has 0 saturated carbocycles. The SMILES string of the molecule is CC1(C)CC(NC(=O)NCCc2ccc3ccccc3n2)CC(C)(C)N1. The van der Waals surface area contributed by atoms with Crippen molar-refractivity contribution >= 4 is 16.9 Å². The largest absolute Gasteiger partial charge is 0.338 e. The molecule has 1 saturated heterocycles. The molecule has 5 nitrogen and oxygen atoms in total. The summed E-state index contributed by atoms with van der Waals surface area (Å²) < 4.78 is 0. The summed E-state index contributed by atoms with van der Waals surface area (Å²) in [7, 11) is 0. The Hall–Kier alpha value is -2.14. The Labute approximate surface area is 156 Å². The number of nitrogens with zero attached hydrogens (tertiary/aromatic N) is 1. The smallest absolute Gasteiger partial charge is 0.315 e. The zero-order valence-corrected chi connectivity index (χ0v) is 16.2. The van der Waals surface area contributed by atoms with Gasteiger partial charge in [-0.15, -0.1) is 0 Å². The number of carbonyl (C=O) groups is 1. The summed E-state index contributed by atoms with van der Waals surface area (Å²) in [5.74, 6) is 0. The van der Waals surface area contributed by atoms with Gasteiger partial charge in [0.15, 0.2) is 0 Å². The Balaban J connectivity index is 1.49. The van der Waals surface area contributed by atoms with E-state index in [1.54, 1.807) is 0 Å². The highest BCUT2D eigenvalue weighted by Crippen LogP contribution is 2.28. The molecule has 1 fully saturated rings. The van der Waals surface area contributed by atoms with E-state index < -0.39 is 0 Å². The molecule has 26 heavy (non-hydrogen) atoms. The van der Waals surface area contributed by atoms with Crippen LogP contribution in [0.2, 0.25) is 0 Å². The van der Waals surface area contributed by atoms with Crippen LogP contribution in [0.4, 0.5) is 4.79 Å². The van der Waals surface area contributed by atoms with Crippen molar-refractivity contribution in [1.29, 1.82) is 0 Å². The molecule has 3 rings (SSSR count). The first-order valence-corrected chi connectivity index (χ1v) is 9.41. The number of fused-ring (bicyclic) bond motifs is 1. The molecule has 2 amide bonds. The molecule has 1 aliphatic heterocycles. The van der Waals surface area contributed by atoms with Crippen LogP contribution in [0, 0.1) is 0 Å². The second kappa shape index (κ2) is 7.23. The standard InChI is InChI=1S/C21H30N4O/c1-20(2)13-17(14-21(3,4)25-20)24-19(26)22-12-11-16-10-9-15-7-5-6-8-18(15)23-16/h5-10,17,25H,11-14H2,1-4H3,(H2,22,24,26). The zero-order chi connectivity index (χ0) is 18.8. The summed E-state index contributed by atoms with van der Waals surface area (Å²) in [6.07, 6.45) is 2.58. The fourth-order valence-electron chi connectivity index (χ4n) is 4.21. The van der Waals surface area contributed by atoms with Crippen LogP contribution in [0.25, 0.3) is 10.9 Å². The van der Waals surface area contributed by atoms with Crippen LogP contribution >= 0.6 is 0 Å². The average molecular weight is 354 g/mol. The van der Waals surface area contributed by atoms with Crippen LogP contribution in [0.15, 0.2) is 36.4 Å². The summed E-state index contributed by atoms with van der Waals surface area (Å²) in [6, 6.07) is 12.3. The van der Waals surface area contributed by atoms with E-state index in [4.69, 9.17) is 0 Å². The maximum atomic E-state index is 12.3. The van der Waals surface area contributed by atoms with E-state index >= 15 is 0 Å². The van der Waals surface area contributed by atoms with E-state index in [0.29, 0.717) is 6.54 Å². The third kappa shape index (κ3) is 4.94. The maximum absolute atomic E-state index is 12.3. The number of amides is 2. The maximum Gasteiger partial charge on any atom is 0.315 e. The number of nitrogens with one attached hydrogen (secondary N) is 3. The molecule has 3 N–H and O–H groups in total. The van der Waals surface area contributed by atoms with Crippen molar-refractivity contribution in [3.8, 4) is 0 Å². The van der Waals surface area contributed by atoms with Crippen molar-refractivity contribution in [2.75, 3.05) is 6.54 Å². The molecule has 1 aliphatic rings. The van der Waals surface area contributed by atoms with Crippen LogP contribution in [-0.2, 0) is 6.42 Å². The van der Waals surface area contributed by atoms with Crippen molar-refractivity contribution < 1.29 is 4.79 Å². The summed E-state index contributed by atoms with van der Waals surface area (Å²) in [5, 5.41) is 10.9. The van der Waals surface area contributed by atoms with Gasteiger partial charge in [-0.1, -0.05) is 24.3 Å². The number of pyridine rings is 1. The predicted molar refractivity (Wildman–Crippen MR) is 106 cm³/mol. The van der Waals surface area contributed by atoms with Gasteiger partial charge in [0.05, 0.1) is 5.52 Å². The van der Waals surface area contributed by atoms with Crippen LogP contribution < -0.4 is 16.0 Å². The molecule has 2 heterocycles. The lowest BCUT2D eigenvalue weighted by atomic mass is 9.80. The van der Waals surface area contributed by atoms with Crippen molar-refractivity contribution in [3.63, 3.8) is 0 Å². The van der Waals surface area contributed by atoms with Gasteiger partial charge in [0.25, 0.3) is 0 Å². The number of piperidine rings is 1. The fourth-order valence-corrected chi connectivity index (χ4v) is 4.21. The molecule has 0 atom stereocenters. The normalized spacial score (nSPS) is 19.2. The number of para-hydroxylation sites is 1. The first-order chi connectivity index (χ1) is 12.2. The van der Waals surface area contributed by atoms with E-state index in [1.165, 1.54) is 0 Å². The molecular weight excluding hydrogens is 324 g/mol. The molecule has 0 unspecified atom stereocenters. The quantitative estimate of drug-likeness (QED) is 0.788. The zero-order valence-electron chi connectivity index (χ0n) is 16.2. The number of aromatic nitrogens is 1. The Morgan fingerprint density at radius 3 is 2.54 bits per heavy atom. The van der Waals surface area contributed by atoms with Crippen LogP contribution in [0.3, 0.4) is 0 Å². The highest BCUT2D eigenvalue weighted by molar-refractivity contribution is 5.78. The van der Waals surface area contributed by atoms with Crippen molar-refractivity contribution in [2.24, 2.45) is 0 Å². The number of carbonyl (C=O) groups excluding carboxylic acids is 1. The van der Waals surface area contributed by atoms with Gasteiger partial charge in [-0.3, -0.25) is 4.98 Å². The molecule has 0 bridgehead atoms. The van der Waals surface area contributed by atoms with Gasteiger partial charge in [-0.2, -0.15) is 0 Å². The summed E-state index contributed by atoms with van der Waals surface area (Å²) in [5.41, 5.74) is 2.03. The predicted octanol–water partition coefficient (Wildman–Crippen LogP) is 3.39. The highest BCUT2D eigenvalue weighted by Gasteiger charge is 2.38. The van der Waals surface area contributed by atoms with Gasteiger partial charge in [-0.25, -0.2) is 4.79 Å². The fraction of sp³-hybridized carbons (Fsp3) is 0.524. The van der Waals surface area contributed by atoms with Gasteiger partial charge in [-0.05, 0) is 52.7 Å². The van der Waals surface area contributed by atoms with E-state index in [2.05, 4.69) is 60.8 Å². The van der Waals surface area contributed by atoms with Gasteiger partial charge in [0, 0.05) is 41.2 Å². The summed E-state index contributed by atoms with van der Waals surface area (Å²) in [6.45, 7) is 9.32. The Morgan fingerprint density at radius 1 is 1.12 bits per heavy atom. The highest BCUT2D eigenvalue weighted by atomic mass is 16.2. The lowest BCUT2D eigenvalue weighted by Crippen LogP contribution is -2.62. The molecule has 0 aliphatic carbocycles. The molecule has 1 aromatic heterocycles. The number of hydrogen-bond donors (Lipinski definition) is 3. The monoisotopic (exact) mass is 354 g/mol. The molecule has 0 spiro atoms. The van der Waals surface area contributed by atoms with Crippen LogP contribution in [0.5, 0.6) is 0 Å². The van der Waals surface area contributed by atoms with Crippen LogP contribution in [-0.4, -0.2) is 34.7 Å². The van der Waals surface area contributed by atoms with E-state index in [0.717, 1.165) is 35.9 Å². The van der Waals surface area contributed by atoms with Crippen molar-refractivity contribution in [2.45, 2.75) is 64.1 Å². The summed E-state index contributed by atoms with van der Waals surface area (Å²) in [4.78, 5) is 16.9. The molecule has 2 aromatic rings. The second-order valence-electron chi connectivity index (χ2n) is 8.64. The number of rotatable bonds is 4. The van der Waals surface area contributed by atoms with Gasteiger partial charge < -0.3 is 16.0 Å².